The zero-order valence-corrected chi connectivity index (χ0v) is 30.5. The van der Waals surface area contributed by atoms with Crippen molar-refractivity contribution in [2.24, 2.45) is 0 Å². The molecule has 1 aromatic heterocycles. The fourth-order valence-electron chi connectivity index (χ4n) is 5.21. The Labute approximate surface area is 280 Å². The van der Waals surface area contributed by atoms with Crippen molar-refractivity contribution in [3.63, 3.8) is 0 Å². The molecule has 2 aliphatic rings. The maximum absolute atomic E-state index is 3.53. The Kier molecular flexibility index (Phi) is 13.6. The van der Waals surface area contributed by atoms with Crippen LogP contribution in [0.2, 0.25) is 0 Å². The van der Waals surface area contributed by atoms with E-state index in [1.807, 2.05) is 0 Å². The molecule has 0 unspecified atom stereocenters. The Balaban J connectivity index is 0.000000246. The second-order valence-electron chi connectivity index (χ2n) is 13.1. The molecule has 218 valence electrons. The monoisotopic (exact) mass is 680 g/mol. The van der Waals surface area contributed by atoms with Gasteiger partial charge in [-0.05, 0) is 17.4 Å². The molecule has 0 bridgehead atoms. The maximum atomic E-state index is 3.53. The molecule has 1 fully saturated rings. The van der Waals surface area contributed by atoms with Crippen LogP contribution < -0.4 is 24.8 Å². The van der Waals surface area contributed by atoms with Crippen molar-refractivity contribution in [2.75, 3.05) is 0 Å². The molecule has 0 aliphatic heterocycles. The fourth-order valence-corrected chi connectivity index (χ4v) is 6.74. The molecule has 1 saturated carbocycles. The topological polar surface area (TPSA) is 0 Å². The Morgan fingerprint density at radius 1 is 0.829 bits per heavy atom. The van der Waals surface area contributed by atoms with Gasteiger partial charge in [0.25, 0.3) is 0 Å². The Morgan fingerprint density at radius 2 is 1.49 bits per heavy atom. The molecule has 2 aliphatic carbocycles. The molecule has 0 atom stereocenters. The third-order valence-corrected chi connectivity index (χ3v) is 9.76. The fraction of sp³-hybridized carbons (Fsp3) is 0.405. The standard InChI is InChI=1S/C21H25.C10H9S.C6H10.2ClH.Zr/c1-20(2,3)16-9-7-14-11-15-8-10-17(21(4,5)6)13-19(15)18(14)12-16;1-8-3-2-4-10(8)9-5-6-11-7-9;1-2-4-6-5-3-1;;;/h7,9-10,12-13H,11H2,1-6H3;2-7H,1H3;1-5H2;2*1H;/q2*-1;;;;+2/p-2. The summed E-state index contributed by atoms with van der Waals surface area (Å²) in [5.74, 6) is 0. The van der Waals surface area contributed by atoms with Gasteiger partial charge < -0.3 is 24.8 Å². The van der Waals surface area contributed by atoms with E-state index in [9.17, 15) is 0 Å². The van der Waals surface area contributed by atoms with E-state index in [1.165, 1.54) is 82.2 Å². The summed E-state index contributed by atoms with van der Waals surface area (Å²) in [7, 11) is 0. The Hall–Kier alpha value is -1.18. The van der Waals surface area contributed by atoms with Crippen LogP contribution in [0.25, 0.3) is 22.3 Å². The molecule has 0 amide bonds. The minimum absolute atomic E-state index is 0. The van der Waals surface area contributed by atoms with Crippen LogP contribution in [0.5, 0.6) is 0 Å². The number of fused-ring (bicyclic) bond motifs is 3. The van der Waals surface area contributed by atoms with Crippen molar-refractivity contribution in [1.29, 1.82) is 0 Å². The van der Waals surface area contributed by atoms with Crippen LogP contribution in [0.15, 0.2) is 65.4 Å². The summed E-state index contributed by atoms with van der Waals surface area (Å²) < 4.78 is 1.80. The molecule has 0 nitrogen and oxygen atoms in total. The summed E-state index contributed by atoms with van der Waals surface area (Å²) in [6.07, 6.45) is 8.34. The SMILES string of the molecule is CC(C)(C)c1c[c-]c2c(c1)-c1cc(C(C)(C)C)ccc1C2.Cc1ccc[c-]1-c1ccsc1.[Cl-].[Cl-].[Zr+2]=[C]1CCCCC1. The van der Waals surface area contributed by atoms with Crippen molar-refractivity contribution in [3.8, 4) is 22.3 Å². The second-order valence-corrected chi connectivity index (χ2v) is 15.6. The Bertz CT molecular complexity index is 1330. The zero-order valence-electron chi connectivity index (χ0n) is 25.8. The van der Waals surface area contributed by atoms with Crippen LogP contribution in [0.4, 0.5) is 0 Å². The molecule has 0 saturated heterocycles. The van der Waals surface area contributed by atoms with Crippen molar-refractivity contribution >= 4 is 14.5 Å². The first-order valence-electron chi connectivity index (χ1n) is 14.4. The Morgan fingerprint density at radius 3 is 2.00 bits per heavy atom. The summed E-state index contributed by atoms with van der Waals surface area (Å²) in [4.78, 5) is 0. The van der Waals surface area contributed by atoms with Gasteiger partial charge >= 0.3 is 59.5 Å². The predicted molar refractivity (Wildman–Crippen MR) is 169 cm³/mol. The molecular formula is C37H44Cl2SZr-2. The van der Waals surface area contributed by atoms with Crippen LogP contribution in [-0.2, 0) is 41.5 Å². The van der Waals surface area contributed by atoms with E-state index in [1.54, 1.807) is 38.8 Å². The summed E-state index contributed by atoms with van der Waals surface area (Å²) in [6, 6.07) is 23.6. The first-order valence-corrected chi connectivity index (χ1v) is 16.6. The first kappa shape index (κ1) is 36.0. The summed E-state index contributed by atoms with van der Waals surface area (Å²) >= 11 is 3.43. The normalized spacial score (nSPS) is 13.8. The van der Waals surface area contributed by atoms with Crippen LogP contribution in [0, 0.1) is 13.0 Å². The van der Waals surface area contributed by atoms with Gasteiger partial charge in [-0.15, -0.1) is 34.9 Å². The number of benzene rings is 2. The number of aryl methyl sites for hydroxylation is 1. The van der Waals surface area contributed by atoms with E-state index >= 15 is 0 Å². The van der Waals surface area contributed by atoms with E-state index in [0.29, 0.717) is 0 Å². The van der Waals surface area contributed by atoms with Gasteiger partial charge in [-0.3, -0.25) is 0 Å². The number of hydrogen-bond donors (Lipinski definition) is 0. The van der Waals surface area contributed by atoms with Crippen molar-refractivity contribution in [3.05, 3.63) is 99.2 Å². The number of rotatable bonds is 1. The second kappa shape index (κ2) is 15.5. The molecule has 4 aromatic rings. The van der Waals surface area contributed by atoms with E-state index < -0.39 is 0 Å². The van der Waals surface area contributed by atoms with Gasteiger partial charge in [0, 0.05) is 0 Å². The van der Waals surface area contributed by atoms with Gasteiger partial charge in [0.2, 0.25) is 0 Å². The van der Waals surface area contributed by atoms with Crippen molar-refractivity contribution in [2.45, 2.75) is 97.8 Å². The molecule has 1 heterocycles. The van der Waals surface area contributed by atoms with Crippen LogP contribution >= 0.6 is 11.3 Å². The van der Waals surface area contributed by atoms with Gasteiger partial charge in [-0.1, -0.05) is 99.5 Å². The van der Waals surface area contributed by atoms with Gasteiger partial charge in [0.05, 0.1) is 0 Å². The quantitative estimate of drug-likeness (QED) is 0.224. The predicted octanol–water partition coefficient (Wildman–Crippen LogP) is 4.77. The molecule has 4 heteroatoms. The van der Waals surface area contributed by atoms with Crippen molar-refractivity contribution < 1.29 is 49.0 Å². The summed E-state index contributed by atoms with van der Waals surface area (Å²) in [5, 5.41) is 4.30. The van der Waals surface area contributed by atoms with Gasteiger partial charge in [0.1, 0.15) is 0 Å². The van der Waals surface area contributed by atoms with Crippen LogP contribution in [0.1, 0.15) is 101 Å². The molecule has 0 radical (unpaired) electrons. The average molecular weight is 683 g/mol. The molecule has 0 spiro atoms. The summed E-state index contributed by atoms with van der Waals surface area (Å²) in [6.45, 7) is 15.8. The van der Waals surface area contributed by atoms with Crippen LogP contribution in [0.3, 0.4) is 0 Å². The van der Waals surface area contributed by atoms with Crippen LogP contribution in [-0.4, -0.2) is 3.21 Å². The average Bonchev–Trinajstić information content (AvgIpc) is 3.63. The van der Waals surface area contributed by atoms with E-state index in [-0.39, 0.29) is 35.6 Å². The summed E-state index contributed by atoms with van der Waals surface area (Å²) in [5.41, 5.74) is 12.8. The minimum atomic E-state index is 0. The molecule has 0 N–H and O–H groups in total. The van der Waals surface area contributed by atoms with Gasteiger partial charge in [-0.25, -0.2) is 11.3 Å². The van der Waals surface area contributed by atoms with Gasteiger partial charge in [-0.2, -0.15) is 35.4 Å². The van der Waals surface area contributed by atoms with Gasteiger partial charge in [0.15, 0.2) is 0 Å². The van der Waals surface area contributed by atoms with E-state index in [0.717, 1.165) is 6.42 Å². The third-order valence-electron chi connectivity index (χ3n) is 7.85. The molecule has 6 rings (SSSR count). The molecule has 41 heavy (non-hydrogen) atoms. The van der Waals surface area contributed by atoms with Crippen molar-refractivity contribution in [1.82, 2.24) is 0 Å². The third kappa shape index (κ3) is 9.66. The number of halogens is 2. The molecular weight excluding hydrogens is 639 g/mol. The zero-order chi connectivity index (χ0) is 28.2. The van der Waals surface area contributed by atoms with E-state index in [4.69, 9.17) is 0 Å². The number of hydrogen-bond acceptors (Lipinski definition) is 1. The first-order chi connectivity index (χ1) is 18.4. The molecule has 3 aromatic carbocycles. The number of thiophene rings is 1. The van der Waals surface area contributed by atoms with E-state index in [2.05, 4.69) is 120 Å².